The molecule has 0 aliphatic carbocycles. The lowest BCUT2D eigenvalue weighted by molar-refractivity contribution is -0.138. The molecule has 1 atom stereocenters. The van der Waals surface area contributed by atoms with Crippen molar-refractivity contribution in [1.82, 2.24) is 5.32 Å². The van der Waals surface area contributed by atoms with Crippen LogP contribution < -0.4 is 15.4 Å². The molecule has 1 unspecified atom stereocenters. The van der Waals surface area contributed by atoms with E-state index >= 15 is 0 Å². The van der Waals surface area contributed by atoms with Crippen molar-refractivity contribution in [1.29, 1.82) is 0 Å². The van der Waals surface area contributed by atoms with E-state index in [1.807, 2.05) is 55.5 Å². The third-order valence-electron chi connectivity index (χ3n) is 5.93. The van der Waals surface area contributed by atoms with Gasteiger partial charge in [-0.05, 0) is 65.6 Å². The smallest absolute Gasteiger partial charge is 0.262 e. The molecule has 0 radical (unpaired) electrons. The molecule has 3 aromatic carbocycles. The molecule has 7 heteroatoms. The Morgan fingerprint density at radius 2 is 1.78 bits per heavy atom. The number of carbonyl (C=O) groups excluding carboxylic acids is 3. The first-order valence-corrected chi connectivity index (χ1v) is 11.3. The molecule has 3 aromatic rings. The van der Waals surface area contributed by atoms with Crippen LogP contribution in [-0.4, -0.2) is 24.3 Å². The van der Waals surface area contributed by atoms with Gasteiger partial charge in [-0.15, -0.1) is 0 Å². The minimum absolute atomic E-state index is 0.118. The van der Waals surface area contributed by atoms with Crippen LogP contribution in [0.15, 0.2) is 65.1 Å². The van der Waals surface area contributed by atoms with Gasteiger partial charge in [-0.3, -0.25) is 19.7 Å². The van der Waals surface area contributed by atoms with Crippen molar-refractivity contribution in [2.45, 2.75) is 31.6 Å². The highest BCUT2D eigenvalue weighted by Gasteiger charge is 2.42. The van der Waals surface area contributed by atoms with Gasteiger partial charge in [0.15, 0.2) is 6.61 Å². The van der Waals surface area contributed by atoms with Gasteiger partial charge in [0, 0.05) is 16.6 Å². The third-order valence-corrected chi connectivity index (χ3v) is 6.43. The minimum atomic E-state index is -0.717. The number of benzene rings is 3. The van der Waals surface area contributed by atoms with Gasteiger partial charge in [0.2, 0.25) is 11.8 Å². The summed E-state index contributed by atoms with van der Waals surface area (Å²) in [5, 5.41) is 7.37. The number of carbonyl (C=O) groups is 3. The van der Waals surface area contributed by atoms with Crippen molar-refractivity contribution in [3.63, 3.8) is 0 Å². The van der Waals surface area contributed by atoms with E-state index in [9.17, 15) is 14.4 Å². The van der Waals surface area contributed by atoms with Crippen molar-refractivity contribution in [3.8, 4) is 5.75 Å². The van der Waals surface area contributed by atoms with Crippen molar-refractivity contribution in [2.75, 3.05) is 11.9 Å². The van der Waals surface area contributed by atoms with Crippen LogP contribution in [0.5, 0.6) is 5.75 Å². The largest absolute Gasteiger partial charge is 0.484 e. The lowest BCUT2D eigenvalue weighted by Gasteiger charge is -2.35. The lowest BCUT2D eigenvalue weighted by Crippen LogP contribution is -2.51. The van der Waals surface area contributed by atoms with Crippen molar-refractivity contribution < 1.29 is 19.1 Å². The van der Waals surface area contributed by atoms with Crippen LogP contribution in [0.3, 0.4) is 0 Å². The summed E-state index contributed by atoms with van der Waals surface area (Å²) in [7, 11) is 0. The van der Waals surface area contributed by atoms with Crippen molar-refractivity contribution in [3.05, 3.63) is 70.7 Å². The summed E-state index contributed by atoms with van der Waals surface area (Å²) in [5.74, 6) is -0.153. The fourth-order valence-electron chi connectivity index (χ4n) is 4.07. The monoisotopic (exact) mass is 494 g/mol. The van der Waals surface area contributed by atoms with Crippen LogP contribution in [0.4, 0.5) is 5.69 Å². The Morgan fingerprint density at radius 3 is 2.50 bits per heavy atom. The molecule has 0 aromatic heterocycles. The summed E-state index contributed by atoms with van der Waals surface area (Å²) in [4.78, 5) is 36.4. The molecular weight excluding hydrogens is 472 g/mol. The van der Waals surface area contributed by atoms with Crippen LogP contribution >= 0.6 is 15.9 Å². The molecule has 1 aliphatic rings. The van der Waals surface area contributed by atoms with Crippen LogP contribution in [0.25, 0.3) is 10.8 Å². The molecule has 1 aliphatic heterocycles. The zero-order valence-corrected chi connectivity index (χ0v) is 19.2. The van der Waals surface area contributed by atoms with Gasteiger partial charge in [0.1, 0.15) is 5.75 Å². The van der Waals surface area contributed by atoms with Gasteiger partial charge in [0.05, 0.1) is 5.41 Å². The normalized spacial score (nSPS) is 18.3. The molecule has 3 amide bonds. The molecular formula is C25H23BrN2O4. The highest BCUT2D eigenvalue weighted by atomic mass is 79.9. The van der Waals surface area contributed by atoms with E-state index < -0.39 is 5.41 Å². The predicted molar refractivity (Wildman–Crippen MR) is 127 cm³/mol. The number of rotatable bonds is 6. The van der Waals surface area contributed by atoms with Crippen LogP contribution in [0.2, 0.25) is 0 Å². The number of piperidine rings is 1. The Hall–Kier alpha value is -3.19. The van der Waals surface area contributed by atoms with Gasteiger partial charge in [0.25, 0.3) is 5.91 Å². The quantitative estimate of drug-likeness (QED) is 0.486. The van der Waals surface area contributed by atoms with E-state index in [1.54, 1.807) is 12.1 Å². The number of ether oxygens (including phenoxy) is 1. The second kappa shape index (κ2) is 9.12. The summed E-state index contributed by atoms with van der Waals surface area (Å²) >= 11 is 3.45. The molecule has 1 heterocycles. The lowest BCUT2D eigenvalue weighted by atomic mass is 9.72. The number of anilines is 1. The van der Waals surface area contributed by atoms with E-state index in [0.717, 1.165) is 20.8 Å². The van der Waals surface area contributed by atoms with Crippen molar-refractivity contribution >= 4 is 50.1 Å². The van der Waals surface area contributed by atoms with Crippen LogP contribution in [-0.2, 0) is 19.8 Å². The number of imide groups is 1. The molecule has 1 fully saturated rings. The predicted octanol–water partition coefficient (Wildman–Crippen LogP) is 4.70. The first-order chi connectivity index (χ1) is 15.4. The van der Waals surface area contributed by atoms with Crippen LogP contribution in [0.1, 0.15) is 31.7 Å². The number of nitrogens with one attached hydrogen (secondary N) is 2. The Kier molecular flexibility index (Phi) is 6.28. The zero-order chi connectivity index (χ0) is 22.7. The number of fused-ring (bicyclic) bond motifs is 1. The molecule has 164 valence electrons. The van der Waals surface area contributed by atoms with Gasteiger partial charge in [-0.2, -0.15) is 0 Å². The maximum atomic E-state index is 12.5. The standard InChI is InChI=1S/C25H23BrN2O4/c1-2-25(12-11-22(29)28-24(25)31)18-5-8-20(9-6-18)27-23(30)15-32-21-10-4-16-13-19(26)7-3-17(16)14-21/h3-10,13-14H,2,11-12,15H2,1H3,(H,27,30)(H,28,29,31). The fraction of sp³-hybridized carbons (Fsp3) is 0.240. The first kappa shape index (κ1) is 22.0. The second-order valence-corrected chi connectivity index (χ2v) is 8.80. The summed E-state index contributed by atoms with van der Waals surface area (Å²) in [5.41, 5.74) is 0.733. The zero-order valence-electron chi connectivity index (χ0n) is 17.6. The number of amides is 3. The van der Waals surface area contributed by atoms with Crippen molar-refractivity contribution in [2.24, 2.45) is 0 Å². The fourth-order valence-corrected chi connectivity index (χ4v) is 4.45. The number of hydrogen-bond donors (Lipinski definition) is 2. The average Bonchev–Trinajstić information content (AvgIpc) is 2.79. The summed E-state index contributed by atoms with van der Waals surface area (Å²) in [6.07, 6.45) is 1.40. The maximum absolute atomic E-state index is 12.5. The first-order valence-electron chi connectivity index (χ1n) is 10.5. The Labute approximate surface area is 194 Å². The van der Waals surface area contributed by atoms with E-state index in [0.29, 0.717) is 30.7 Å². The molecule has 0 saturated carbocycles. The Bertz CT molecular complexity index is 1190. The van der Waals surface area contributed by atoms with E-state index in [2.05, 4.69) is 26.6 Å². The molecule has 32 heavy (non-hydrogen) atoms. The second-order valence-electron chi connectivity index (χ2n) is 7.88. The summed E-state index contributed by atoms with van der Waals surface area (Å²) < 4.78 is 6.65. The van der Waals surface area contributed by atoms with E-state index in [4.69, 9.17) is 4.74 Å². The average molecular weight is 495 g/mol. The highest BCUT2D eigenvalue weighted by molar-refractivity contribution is 9.10. The van der Waals surface area contributed by atoms with E-state index in [-0.39, 0.29) is 24.3 Å². The number of halogens is 1. The molecule has 0 spiro atoms. The van der Waals surface area contributed by atoms with Crippen LogP contribution in [0, 0.1) is 0 Å². The Morgan fingerprint density at radius 1 is 1.06 bits per heavy atom. The third kappa shape index (κ3) is 4.53. The summed E-state index contributed by atoms with van der Waals surface area (Å²) in [6, 6.07) is 18.8. The Balaban J connectivity index is 1.38. The summed E-state index contributed by atoms with van der Waals surface area (Å²) in [6.45, 7) is 1.82. The minimum Gasteiger partial charge on any atom is -0.484 e. The van der Waals surface area contributed by atoms with Gasteiger partial charge < -0.3 is 10.1 Å². The SMILES string of the molecule is CCC1(c2ccc(NC(=O)COc3ccc4cc(Br)ccc4c3)cc2)CCC(=O)NC1=O. The molecule has 1 saturated heterocycles. The topological polar surface area (TPSA) is 84.5 Å². The number of hydrogen-bond acceptors (Lipinski definition) is 4. The van der Waals surface area contributed by atoms with Gasteiger partial charge in [-0.1, -0.05) is 47.1 Å². The molecule has 6 nitrogen and oxygen atoms in total. The highest BCUT2D eigenvalue weighted by Crippen LogP contribution is 2.36. The molecule has 2 N–H and O–H groups in total. The van der Waals surface area contributed by atoms with Gasteiger partial charge >= 0.3 is 0 Å². The van der Waals surface area contributed by atoms with E-state index in [1.165, 1.54) is 0 Å². The molecule has 4 rings (SSSR count). The maximum Gasteiger partial charge on any atom is 0.262 e. The molecule has 0 bridgehead atoms. The van der Waals surface area contributed by atoms with Gasteiger partial charge in [-0.25, -0.2) is 0 Å².